The zero-order chi connectivity index (χ0) is 24.2. The van der Waals surface area contributed by atoms with Gasteiger partial charge in [-0.3, -0.25) is 4.79 Å². The fourth-order valence-corrected chi connectivity index (χ4v) is 3.76. The number of benzene rings is 1. The first-order chi connectivity index (χ1) is 15.6. The third-order valence-electron chi connectivity index (χ3n) is 5.32. The number of aromatic nitrogens is 1. The molecule has 0 radical (unpaired) electrons. The minimum Gasteiger partial charge on any atom is -0.475 e. The van der Waals surface area contributed by atoms with Crippen LogP contribution in [0.3, 0.4) is 0 Å². The predicted octanol–water partition coefficient (Wildman–Crippen LogP) is 2.59. The van der Waals surface area contributed by atoms with E-state index in [0.29, 0.717) is 30.5 Å². The molecule has 0 bridgehead atoms. The van der Waals surface area contributed by atoms with Crippen LogP contribution in [0.4, 0.5) is 13.2 Å². The normalized spacial score (nSPS) is 19.5. The topological polar surface area (TPSA) is 116 Å². The Labute approximate surface area is 187 Å². The van der Waals surface area contributed by atoms with Gasteiger partial charge in [0.05, 0.1) is 23.9 Å². The second-order valence-electron chi connectivity index (χ2n) is 7.58. The number of carbonyl (C=O) groups excluding carboxylic acids is 1. The number of nitrogens with one attached hydrogen (secondary N) is 1. The first kappa shape index (κ1) is 24.2. The summed E-state index contributed by atoms with van der Waals surface area (Å²) in [6.07, 6.45) is -4.19. The van der Waals surface area contributed by atoms with Gasteiger partial charge < -0.3 is 20.1 Å². The number of fused-ring (bicyclic) bond motifs is 1. The molecule has 3 heterocycles. The van der Waals surface area contributed by atoms with Crippen LogP contribution in [0.2, 0.25) is 0 Å². The Bertz CT molecular complexity index is 1080. The minimum atomic E-state index is -5.08. The van der Waals surface area contributed by atoms with Crippen molar-refractivity contribution >= 4 is 11.9 Å². The zero-order valence-electron chi connectivity index (χ0n) is 17.6. The van der Waals surface area contributed by atoms with Crippen LogP contribution in [-0.4, -0.2) is 65.4 Å². The summed E-state index contributed by atoms with van der Waals surface area (Å²) in [4.78, 5) is 28.3. The van der Waals surface area contributed by atoms with E-state index in [1.165, 1.54) is 0 Å². The first-order valence-corrected chi connectivity index (χ1v) is 9.98. The summed E-state index contributed by atoms with van der Waals surface area (Å²) in [5, 5.41) is 19.6. The van der Waals surface area contributed by atoms with E-state index in [4.69, 9.17) is 19.9 Å². The molecule has 8 nitrogen and oxygen atoms in total. The molecule has 4 rings (SSSR count). The summed E-state index contributed by atoms with van der Waals surface area (Å²) in [6, 6.07) is 13.8. The number of halogens is 3. The Morgan fingerprint density at radius 1 is 1.36 bits per heavy atom. The van der Waals surface area contributed by atoms with E-state index in [2.05, 4.69) is 16.4 Å². The molecule has 1 saturated heterocycles. The Morgan fingerprint density at radius 2 is 2.09 bits per heavy atom. The van der Waals surface area contributed by atoms with Gasteiger partial charge in [0.25, 0.3) is 5.91 Å². The maximum absolute atomic E-state index is 12.9. The van der Waals surface area contributed by atoms with Gasteiger partial charge in [-0.1, -0.05) is 18.2 Å². The quantitative estimate of drug-likeness (QED) is 0.718. The molecule has 0 aliphatic carbocycles. The number of carbonyl (C=O) groups is 2. The lowest BCUT2D eigenvalue weighted by Crippen LogP contribution is -2.37. The number of hydrogen-bond donors (Lipinski definition) is 2. The molecule has 11 heteroatoms. The van der Waals surface area contributed by atoms with Gasteiger partial charge in [-0.05, 0) is 24.6 Å². The number of hydrogen-bond acceptors (Lipinski definition) is 6. The van der Waals surface area contributed by atoms with E-state index >= 15 is 0 Å². The molecule has 2 N–H and O–H groups in total. The van der Waals surface area contributed by atoms with E-state index in [9.17, 15) is 18.0 Å². The number of pyridine rings is 1. The minimum absolute atomic E-state index is 0.0110. The lowest BCUT2D eigenvalue weighted by atomic mass is 10.1. The van der Waals surface area contributed by atoms with Gasteiger partial charge in [-0.2, -0.15) is 18.4 Å². The molecule has 33 heavy (non-hydrogen) atoms. The smallest absolute Gasteiger partial charge is 0.475 e. The monoisotopic (exact) mass is 462 g/mol. The summed E-state index contributed by atoms with van der Waals surface area (Å²) in [5.74, 6) is -2.77. The standard InChI is InChI=1S/C20H20N4O2.C2HF3O2/c1-26-12-16-8-17(10-22-16)24-11-15-5-6-18(23-19(15)20(24)25)14-4-2-3-13(7-14)9-21;3-2(4,5)1(6)7/h2-7,16-17,22H,8,10-12H2,1H3;(H,6,7)/t16-,17+;/m0./s1. The van der Waals surface area contributed by atoms with Crippen molar-refractivity contribution in [1.29, 1.82) is 5.26 Å². The Kier molecular flexibility index (Phi) is 7.30. The van der Waals surface area contributed by atoms with E-state index < -0.39 is 12.1 Å². The van der Waals surface area contributed by atoms with Crippen LogP contribution in [0.1, 0.15) is 28.0 Å². The van der Waals surface area contributed by atoms with Crippen molar-refractivity contribution in [2.45, 2.75) is 31.2 Å². The number of methoxy groups -OCH3 is 1. The molecule has 0 spiro atoms. The van der Waals surface area contributed by atoms with Crippen molar-refractivity contribution < 1.29 is 32.6 Å². The largest absolute Gasteiger partial charge is 0.490 e. The average Bonchev–Trinajstić information content (AvgIpc) is 3.38. The van der Waals surface area contributed by atoms with Crippen molar-refractivity contribution in [1.82, 2.24) is 15.2 Å². The summed E-state index contributed by atoms with van der Waals surface area (Å²) >= 11 is 0. The molecule has 1 aromatic carbocycles. The molecule has 0 unspecified atom stereocenters. The lowest BCUT2D eigenvalue weighted by Gasteiger charge is -2.22. The second-order valence-corrected chi connectivity index (χ2v) is 7.58. The molecular formula is C22H21F3N4O4. The van der Waals surface area contributed by atoms with Crippen LogP contribution in [0.15, 0.2) is 36.4 Å². The molecule has 2 aliphatic heterocycles. The molecule has 1 aromatic heterocycles. The lowest BCUT2D eigenvalue weighted by molar-refractivity contribution is -0.192. The van der Waals surface area contributed by atoms with Gasteiger partial charge in [-0.25, -0.2) is 9.78 Å². The van der Waals surface area contributed by atoms with E-state index in [1.54, 1.807) is 19.2 Å². The van der Waals surface area contributed by atoms with Crippen LogP contribution >= 0.6 is 0 Å². The van der Waals surface area contributed by atoms with E-state index in [0.717, 1.165) is 29.8 Å². The SMILES string of the molecule is COC[C@@H]1C[C@@H](N2Cc3ccc(-c4cccc(C#N)c4)nc3C2=O)CN1.O=C(O)C(F)(F)F. The predicted molar refractivity (Wildman–Crippen MR) is 110 cm³/mol. The Hall–Kier alpha value is -3.49. The van der Waals surface area contributed by atoms with Crippen molar-refractivity contribution in [2.75, 3.05) is 20.3 Å². The van der Waals surface area contributed by atoms with Gasteiger partial charge in [-0.15, -0.1) is 0 Å². The van der Waals surface area contributed by atoms with Crippen molar-refractivity contribution in [2.24, 2.45) is 0 Å². The molecule has 1 amide bonds. The van der Waals surface area contributed by atoms with Gasteiger partial charge in [0.1, 0.15) is 5.69 Å². The fourth-order valence-electron chi connectivity index (χ4n) is 3.76. The molecule has 2 atom stereocenters. The fraction of sp³-hybridized carbons (Fsp3) is 0.364. The maximum atomic E-state index is 12.9. The van der Waals surface area contributed by atoms with Gasteiger partial charge >= 0.3 is 12.1 Å². The average molecular weight is 462 g/mol. The molecule has 2 aromatic rings. The van der Waals surface area contributed by atoms with Crippen molar-refractivity contribution in [3.05, 3.63) is 53.2 Å². The Morgan fingerprint density at radius 3 is 2.73 bits per heavy atom. The van der Waals surface area contributed by atoms with Crippen molar-refractivity contribution in [3.8, 4) is 17.3 Å². The molecule has 1 fully saturated rings. The molecule has 2 aliphatic rings. The van der Waals surface area contributed by atoms with Crippen LogP contribution in [-0.2, 0) is 16.1 Å². The van der Waals surface area contributed by atoms with Crippen LogP contribution < -0.4 is 5.32 Å². The molecular weight excluding hydrogens is 441 g/mol. The third kappa shape index (κ3) is 5.66. The van der Waals surface area contributed by atoms with Gasteiger partial charge in [0.2, 0.25) is 0 Å². The number of nitrogens with zero attached hydrogens (tertiary/aromatic N) is 3. The number of amides is 1. The number of carboxylic acids is 1. The highest BCUT2D eigenvalue weighted by atomic mass is 19.4. The summed E-state index contributed by atoms with van der Waals surface area (Å²) in [5.41, 5.74) is 3.64. The number of rotatable bonds is 4. The van der Waals surface area contributed by atoms with Crippen LogP contribution in [0.5, 0.6) is 0 Å². The number of aliphatic carboxylic acids is 1. The van der Waals surface area contributed by atoms with Crippen molar-refractivity contribution in [3.63, 3.8) is 0 Å². The van der Waals surface area contributed by atoms with Gasteiger partial charge in [0, 0.05) is 43.4 Å². The highest BCUT2D eigenvalue weighted by Gasteiger charge is 2.39. The maximum Gasteiger partial charge on any atom is 0.490 e. The number of nitriles is 1. The summed E-state index contributed by atoms with van der Waals surface area (Å²) in [6.45, 7) is 2.04. The van der Waals surface area contributed by atoms with Crippen LogP contribution in [0, 0.1) is 11.3 Å². The highest BCUT2D eigenvalue weighted by molar-refractivity contribution is 5.97. The second kappa shape index (κ2) is 9.97. The highest BCUT2D eigenvalue weighted by Crippen LogP contribution is 2.29. The van der Waals surface area contributed by atoms with Crippen LogP contribution in [0.25, 0.3) is 11.3 Å². The van der Waals surface area contributed by atoms with Gasteiger partial charge in [0.15, 0.2) is 0 Å². The zero-order valence-corrected chi connectivity index (χ0v) is 17.6. The third-order valence-corrected chi connectivity index (χ3v) is 5.32. The Balaban J connectivity index is 0.000000383. The van der Waals surface area contributed by atoms with E-state index in [-0.39, 0.29) is 11.9 Å². The van der Waals surface area contributed by atoms with E-state index in [1.807, 2.05) is 29.2 Å². The number of carboxylic acid groups (broad SMARTS) is 1. The number of alkyl halides is 3. The summed E-state index contributed by atoms with van der Waals surface area (Å²) in [7, 11) is 1.69. The molecule has 174 valence electrons. The number of ether oxygens (including phenoxy) is 1. The summed E-state index contributed by atoms with van der Waals surface area (Å²) < 4.78 is 36.9. The molecule has 0 saturated carbocycles. The first-order valence-electron chi connectivity index (χ1n) is 9.98.